The number of rotatable bonds is 16. The van der Waals surface area contributed by atoms with E-state index in [1.54, 1.807) is 47.0 Å². The summed E-state index contributed by atoms with van der Waals surface area (Å²) in [6.45, 7) is 8.90. The van der Waals surface area contributed by atoms with Gasteiger partial charge in [-0.15, -0.1) is 47.0 Å². The molecule has 1 rings (SSSR count). The monoisotopic (exact) mass is 748 g/mol. The zero-order valence-corrected chi connectivity index (χ0v) is 32.6. The Morgan fingerprint density at radius 3 is 0.889 bits per heavy atom. The molecule has 0 aliphatic carbocycles. The summed E-state index contributed by atoms with van der Waals surface area (Å²) in [6, 6.07) is 0. The van der Waals surface area contributed by atoms with Crippen LogP contribution < -0.4 is 0 Å². The van der Waals surface area contributed by atoms with Crippen LogP contribution in [0.5, 0.6) is 0 Å². The molecule has 0 unspecified atom stereocenters. The Balaban J connectivity index is 2.98. The largest absolute Gasteiger partial charge is 0.170 e. The normalized spacial score (nSPS) is 15.9. The predicted octanol–water partition coefficient (Wildman–Crippen LogP) is 12.9. The molecule has 0 spiro atoms. The average Bonchev–Trinajstić information content (AvgIpc) is 2.78. The van der Waals surface area contributed by atoms with Crippen molar-refractivity contribution in [3.63, 3.8) is 0 Å². The fourth-order valence-electron chi connectivity index (χ4n) is 2.25. The van der Waals surface area contributed by atoms with Crippen LogP contribution in [0.2, 0.25) is 0 Å². The van der Waals surface area contributed by atoms with Gasteiger partial charge in [-0.1, -0.05) is 173 Å². The van der Waals surface area contributed by atoms with Crippen molar-refractivity contribution in [2.45, 2.75) is 84.5 Å². The molecule has 1 fully saturated rings. The minimum Gasteiger partial charge on any atom is -0.108 e. The van der Waals surface area contributed by atoms with Crippen molar-refractivity contribution in [1.82, 2.24) is 0 Å². The molecule has 0 nitrogen and oxygen atoms in total. The lowest BCUT2D eigenvalue weighted by molar-refractivity contribution is 0.898. The third-order valence-corrected chi connectivity index (χ3v) is 20.6. The second-order valence-electron chi connectivity index (χ2n) is 7.42. The number of thioether (sulfide) groups is 10. The van der Waals surface area contributed by atoms with Crippen LogP contribution in [-0.4, -0.2) is 42.6 Å². The van der Waals surface area contributed by atoms with Crippen molar-refractivity contribution in [2.75, 3.05) is 23.0 Å². The van der Waals surface area contributed by atoms with E-state index >= 15 is 0 Å². The van der Waals surface area contributed by atoms with Crippen LogP contribution in [0.25, 0.3) is 0 Å². The Morgan fingerprint density at radius 2 is 0.694 bits per heavy atom. The van der Waals surface area contributed by atoms with Gasteiger partial charge in [-0.3, -0.25) is 0 Å². The van der Waals surface area contributed by atoms with Gasteiger partial charge in [0.25, 0.3) is 0 Å². The maximum Gasteiger partial charge on any atom is 0.170 e. The molecule has 1 aliphatic heterocycles. The Labute approximate surface area is 284 Å². The molecule has 0 N–H and O–H groups in total. The highest BCUT2D eigenvalue weighted by atomic mass is 32.4. The van der Waals surface area contributed by atoms with Gasteiger partial charge < -0.3 is 0 Å². The molecule has 0 aromatic heterocycles. The van der Waals surface area contributed by atoms with Gasteiger partial charge in [-0.25, -0.2) is 0 Å². The molecule has 0 atom stereocenters. The second-order valence-corrected chi connectivity index (χ2v) is 27.4. The summed E-state index contributed by atoms with van der Waals surface area (Å²) in [7, 11) is 0. The molecule has 14 heteroatoms. The van der Waals surface area contributed by atoms with Crippen LogP contribution in [0.15, 0.2) is 0 Å². The van der Waals surface area contributed by atoms with E-state index < -0.39 is 0 Å². The van der Waals surface area contributed by atoms with Crippen LogP contribution in [0.4, 0.5) is 0 Å². The molecule has 1 saturated heterocycles. The molecule has 208 valence electrons. The first kappa shape index (κ1) is 37.9. The van der Waals surface area contributed by atoms with E-state index in [1.807, 2.05) is 70.6 Å². The Bertz CT molecular complexity index is 580. The highest BCUT2D eigenvalue weighted by Crippen LogP contribution is 2.82. The minimum atomic E-state index is -0.181. The van der Waals surface area contributed by atoms with Crippen molar-refractivity contribution in [2.24, 2.45) is 0 Å². The number of hydrogen-bond donors (Lipinski definition) is 0. The predicted molar refractivity (Wildman–Crippen MR) is 211 cm³/mol. The van der Waals surface area contributed by atoms with Gasteiger partial charge in [0.1, 0.15) is 14.1 Å². The summed E-state index contributed by atoms with van der Waals surface area (Å²) in [5.74, 6) is 4.33. The molecule has 1 heterocycles. The molecule has 0 radical (unpaired) electrons. The van der Waals surface area contributed by atoms with Crippen LogP contribution in [-0.2, 0) is 0 Å². The van der Waals surface area contributed by atoms with Gasteiger partial charge in [0.05, 0.1) is 0 Å². The molecule has 1 aliphatic rings. The fraction of sp³-hybridized carbons (Fsp3) is 0.818. The van der Waals surface area contributed by atoms with Gasteiger partial charge in [0, 0.05) is 0 Å². The van der Waals surface area contributed by atoms with E-state index in [-0.39, 0.29) is 5.49 Å². The topological polar surface area (TPSA) is 0 Å². The van der Waals surface area contributed by atoms with E-state index in [2.05, 4.69) is 27.7 Å². The van der Waals surface area contributed by atoms with E-state index in [9.17, 15) is 0 Å². The highest BCUT2D eigenvalue weighted by molar-refractivity contribution is 8.78. The van der Waals surface area contributed by atoms with Crippen molar-refractivity contribution >= 4 is 181 Å². The lowest BCUT2D eigenvalue weighted by Crippen LogP contribution is -2.37. The number of thiocarbonyl (C=S) groups is 4. The van der Waals surface area contributed by atoms with Crippen LogP contribution >= 0.6 is 166 Å². The minimum absolute atomic E-state index is 0.181. The smallest absolute Gasteiger partial charge is 0.108 e. The maximum absolute atomic E-state index is 5.83. The molecule has 0 aromatic rings. The van der Waals surface area contributed by atoms with Crippen molar-refractivity contribution < 1.29 is 0 Å². The Kier molecular flexibility index (Phi) is 23.6. The zero-order valence-electron chi connectivity index (χ0n) is 21.2. The molecule has 0 bridgehead atoms. The second kappa shape index (κ2) is 22.4. The van der Waals surface area contributed by atoms with Crippen LogP contribution in [0.3, 0.4) is 0 Å². The third-order valence-electron chi connectivity index (χ3n) is 4.20. The van der Waals surface area contributed by atoms with E-state index in [4.69, 9.17) is 48.9 Å². The van der Waals surface area contributed by atoms with Gasteiger partial charge in [-0.05, 0) is 48.7 Å². The molecule has 0 aromatic carbocycles. The summed E-state index contributed by atoms with van der Waals surface area (Å²) in [5.41, 5.74) is 0. The first-order valence-corrected chi connectivity index (χ1v) is 22.5. The molecule has 36 heavy (non-hydrogen) atoms. The average molecular weight is 749 g/mol. The quantitative estimate of drug-likeness (QED) is 0.0835. The van der Waals surface area contributed by atoms with Crippen LogP contribution in [0.1, 0.15) is 79.1 Å². The summed E-state index contributed by atoms with van der Waals surface area (Å²) >= 11 is 41.7. The SMILES string of the molecule is CCCCSC(=S)SC1(SC(=S)SCCCC)SC(SC(=S)SCCCC)(SC(=S)SCCCC)S1. The Morgan fingerprint density at radius 1 is 0.472 bits per heavy atom. The maximum atomic E-state index is 5.83. The highest BCUT2D eigenvalue weighted by Gasteiger charge is 2.61. The van der Waals surface area contributed by atoms with Gasteiger partial charge in [0.15, 0.2) is 5.49 Å². The summed E-state index contributed by atoms with van der Waals surface area (Å²) in [4.78, 5) is 0. The molecular weight excluding hydrogens is 713 g/mol. The van der Waals surface area contributed by atoms with E-state index in [0.29, 0.717) is 0 Å². The lowest BCUT2D eigenvalue weighted by Gasteiger charge is -2.51. The number of unbranched alkanes of at least 4 members (excludes halogenated alkanes) is 4. The molecular formula is C22H36S14. The first-order valence-electron chi connectivity index (χ1n) is 12.1. The molecule has 0 saturated carbocycles. The first-order chi connectivity index (χ1) is 17.2. The van der Waals surface area contributed by atoms with Gasteiger partial charge in [-0.2, -0.15) is 0 Å². The third kappa shape index (κ3) is 16.5. The Hall–Kier alpha value is 3.86. The summed E-state index contributed by atoms with van der Waals surface area (Å²) in [5, 5.41) is 0. The molecule has 0 amide bonds. The summed E-state index contributed by atoms with van der Waals surface area (Å²) < 4.78 is 3.70. The van der Waals surface area contributed by atoms with E-state index in [1.165, 1.54) is 51.4 Å². The summed E-state index contributed by atoms with van der Waals surface area (Å²) in [6.07, 6.45) is 9.55. The van der Waals surface area contributed by atoms with E-state index in [0.717, 1.165) is 37.1 Å². The van der Waals surface area contributed by atoms with Crippen molar-refractivity contribution in [3.8, 4) is 0 Å². The lowest BCUT2D eigenvalue weighted by atomic mass is 10.4. The fourth-order valence-corrected chi connectivity index (χ4v) is 27.3. The van der Waals surface area contributed by atoms with Crippen LogP contribution in [0, 0.1) is 0 Å². The van der Waals surface area contributed by atoms with Gasteiger partial charge >= 0.3 is 0 Å². The van der Waals surface area contributed by atoms with Crippen molar-refractivity contribution in [3.05, 3.63) is 0 Å². The number of hydrogen-bond acceptors (Lipinski definition) is 14. The zero-order chi connectivity index (χ0) is 26.9. The van der Waals surface area contributed by atoms with Gasteiger partial charge in [0.2, 0.25) is 0 Å². The van der Waals surface area contributed by atoms with Crippen molar-refractivity contribution in [1.29, 1.82) is 0 Å². The standard InChI is InChI=1S/C22H36S14/c1-5-9-13-27-17(23)31-21(32-18(24)28-14-10-6-2)35-22(36-21,33-19(25)29-15-11-7-3)34-20(26)30-16-12-8-4/h5-16H2,1-4H3.